The zero-order valence-corrected chi connectivity index (χ0v) is 21.2. The summed E-state index contributed by atoms with van der Waals surface area (Å²) in [5.74, 6) is -0.824. The average Bonchev–Trinajstić information content (AvgIpc) is 2.85. The van der Waals surface area contributed by atoms with Crippen LogP contribution in [0.25, 0.3) is 0 Å². The molecular formula is C28H29Cl2FN2O2. The molecule has 0 aliphatic heterocycles. The molecule has 0 spiro atoms. The lowest BCUT2D eigenvalue weighted by Gasteiger charge is -2.32. The van der Waals surface area contributed by atoms with Gasteiger partial charge >= 0.3 is 0 Å². The van der Waals surface area contributed by atoms with Crippen LogP contribution in [0.3, 0.4) is 0 Å². The van der Waals surface area contributed by atoms with Crippen molar-refractivity contribution in [3.05, 3.63) is 105 Å². The van der Waals surface area contributed by atoms with Crippen LogP contribution in [0.1, 0.15) is 36.5 Å². The Hall–Kier alpha value is -2.89. The van der Waals surface area contributed by atoms with Crippen LogP contribution in [0, 0.1) is 5.82 Å². The van der Waals surface area contributed by atoms with Crippen molar-refractivity contribution >= 4 is 35.0 Å². The van der Waals surface area contributed by atoms with Gasteiger partial charge in [0.25, 0.3) is 0 Å². The molecule has 0 aliphatic rings. The van der Waals surface area contributed by atoms with Gasteiger partial charge in [0.05, 0.1) is 16.5 Å². The summed E-state index contributed by atoms with van der Waals surface area (Å²) in [5, 5.41) is 3.78. The number of rotatable bonds is 11. The third kappa shape index (κ3) is 8.08. The first-order valence-electron chi connectivity index (χ1n) is 11.7. The van der Waals surface area contributed by atoms with E-state index in [2.05, 4.69) is 12.2 Å². The minimum atomic E-state index is -0.739. The number of hydrogen-bond acceptors (Lipinski definition) is 2. The molecule has 3 aromatic rings. The first-order chi connectivity index (χ1) is 16.9. The predicted octanol–water partition coefficient (Wildman–Crippen LogP) is 6.23. The van der Waals surface area contributed by atoms with E-state index >= 15 is 0 Å². The molecule has 1 N–H and O–H groups in total. The Labute approximate surface area is 216 Å². The topological polar surface area (TPSA) is 49.4 Å². The molecule has 0 saturated heterocycles. The summed E-state index contributed by atoms with van der Waals surface area (Å²) in [5.41, 5.74) is 2.36. The summed E-state index contributed by atoms with van der Waals surface area (Å²) in [6, 6.07) is 19.8. The van der Waals surface area contributed by atoms with E-state index in [4.69, 9.17) is 23.2 Å². The minimum absolute atomic E-state index is 0.0368. The third-order valence-electron chi connectivity index (χ3n) is 5.71. The van der Waals surface area contributed by atoms with Gasteiger partial charge in [-0.25, -0.2) is 4.39 Å². The summed E-state index contributed by atoms with van der Waals surface area (Å²) in [7, 11) is 0. The summed E-state index contributed by atoms with van der Waals surface area (Å²) >= 11 is 12.3. The highest BCUT2D eigenvalue weighted by atomic mass is 35.5. The zero-order chi connectivity index (χ0) is 25.2. The quantitative estimate of drug-likeness (QED) is 0.308. The van der Waals surface area contributed by atoms with Crippen LogP contribution in [0.5, 0.6) is 0 Å². The van der Waals surface area contributed by atoms with Gasteiger partial charge in [0.2, 0.25) is 11.8 Å². The number of hydrogen-bond donors (Lipinski definition) is 1. The molecule has 0 aromatic heterocycles. The SMILES string of the molecule is CCCCNC(=O)[C@H](Cc1ccccc1)N(Cc1ccc(Cl)c(Cl)c1)C(=O)Cc1ccc(F)cc1. The molecule has 0 unspecified atom stereocenters. The Balaban J connectivity index is 1.95. The van der Waals surface area contributed by atoms with Crippen LogP contribution in [-0.2, 0) is 29.0 Å². The first-order valence-corrected chi connectivity index (χ1v) is 12.4. The van der Waals surface area contributed by atoms with Crippen LogP contribution >= 0.6 is 23.2 Å². The van der Waals surface area contributed by atoms with Crippen LogP contribution in [0.4, 0.5) is 4.39 Å². The molecule has 0 heterocycles. The highest BCUT2D eigenvalue weighted by molar-refractivity contribution is 6.42. The monoisotopic (exact) mass is 514 g/mol. The van der Waals surface area contributed by atoms with Crippen molar-refractivity contribution in [3.8, 4) is 0 Å². The standard InChI is InChI=1S/C28H29Cl2FN2O2/c1-2-3-15-32-28(35)26(17-20-7-5-4-6-8-20)33(19-22-11-14-24(29)25(30)16-22)27(34)18-21-9-12-23(31)13-10-21/h4-14,16,26H,2-3,15,17-19H2,1H3,(H,32,35)/t26-/m0/s1. The van der Waals surface area contributed by atoms with Crippen molar-refractivity contribution in [2.45, 2.75) is 45.2 Å². The molecule has 0 aliphatic carbocycles. The molecule has 1 atom stereocenters. The number of nitrogens with zero attached hydrogens (tertiary/aromatic N) is 1. The lowest BCUT2D eigenvalue weighted by Crippen LogP contribution is -2.51. The molecule has 3 aromatic carbocycles. The number of benzene rings is 3. The predicted molar refractivity (Wildman–Crippen MR) is 139 cm³/mol. The van der Waals surface area contributed by atoms with Crippen LogP contribution in [-0.4, -0.2) is 29.3 Å². The first kappa shape index (κ1) is 26.7. The Morgan fingerprint density at radius 3 is 2.26 bits per heavy atom. The van der Waals surface area contributed by atoms with Gasteiger partial charge in [-0.1, -0.05) is 85.1 Å². The maximum atomic E-state index is 13.6. The number of unbranched alkanes of at least 4 members (excludes halogenated alkanes) is 1. The fourth-order valence-electron chi connectivity index (χ4n) is 3.77. The molecule has 184 valence electrons. The van der Waals surface area contributed by atoms with Crippen molar-refractivity contribution in [2.24, 2.45) is 0 Å². The second kappa shape index (κ2) is 13.3. The molecule has 2 amide bonds. The highest BCUT2D eigenvalue weighted by Gasteiger charge is 2.30. The number of carbonyl (C=O) groups is 2. The summed E-state index contributed by atoms with van der Waals surface area (Å²) in [4.78, 5) is 28.6. The van der Waals surface area contributed by atoms with Crippen LogP contribution in [0.15, 0.2) is 72.8 Å². The lowest BCUT2D eigenvalue weighted by atomic mass is 10.0. The van der Waals surface area contributed by atoms with Gasteiger partial charge in [0.15, 0.2) is 0 Å². The number of halogens is 3. The van der Waals surface area contributed by atoms with E-state index in [1.165, 1.54) is 12.1 Å². The molecule has 35 heavy (non-hydrogen) atoms. The normalized spacial score (nSPS) is 11.7. The Morgan fingerprint density at radius 2 is 1.60 bits per heavy atom. The molecule has 4 nitrogen and oxygen atoms in total. The Bertz CT molecular complexity index is 1120. The van der Waals surface area contributed by atoms with Gasteiger partial charge in [0, 0.05) is 19.5 Å². The van der Waals surface area contributed by atoms with E-state index in [9.17, 15) is 14.0 Å². The molecule has 0 saturated carbocycles. The highest BCUT2D eigenvalue weighted by Crippen LogP contribution is 2.24. The van der Waals surface area contributed by atoms with E-state index in [1.54, 1.807) is 35.2 Å². The number of amides is 2. The Morgan fingerprint density at radius 1 is 0.914 bits per heavy atom. The van der Waals surface area contributed by atoms with Crippen molar-refractivity contribution in [1.29, 1.82) is 0 Å². The van der Waals surface area contributed by atoms with E-state index < -0.39 is 6.04 Å². The fraction of sp³-hybridized carbons (Fsp3) is 0.286. The van der Waals surface area contributed by atoms with Crippen molar-refractivity contribution in [1.82, 2.24) is 10.2 Å². The number of nitrogens with one attached hydrogen (secondary N) is 1. The van der Waals surface area contributed by atoms with E-state index in [-0.39, 0.29) is 30.6 Å². The third-order valence-corrected chi connectivity index (χ3v) is 6.45. The van der Waals surface area contributed by atoms with Crippen molar-refractivity contribution < 1.29 is 14.0 Å². The second-order valence-corrected chi connectivity index (χ2v) is 9.24. The van der Waals surface area contributed by atoms with Crippen LogP contribution < -0.4 is 5.32 Å². The smallest absolute Gasteiger partial charge is 0.243 e. The van der Waals surface area contributed by atoms with Gasteiger partial charge in [-0.15, -0.1) is 0 Å². The molecular weight excluding hydrogens is 486 g/mol. The van der Waals surface area contributed by atoms with E-state index in [0.29, 0.717) is 28.6 Å². The Kier molecular flexibility index (Phi) is 10.1. The van der Waals surface area contributed by atoms with Gasteiger partial charge in [0.1, 0.15) is 11.9 Å². The lowest BCUT2D eigenvalue weighted by molar-refractivity contribution is -0.140. The van der Waals surface area contributed by atoms with Crippen molar-refractivity contribution in [3.63, 3.8) is 0 Å². The van der Waals surface area contributed by atoms with E-state index in [0.717, 1.165) is 24.0 Å². The number of carbonyl (C=O) groups excluding carboxylic acids is 2. The van der Waals surface area contributed by atoms with Crippen molar-refractivity contribution in [2.75, 3.05) is 6.54 Å². The molecule has 0 bridgehead atoms. The largest absolute Gasteiger partial charge is 0.354 e. The summed E-state index contributed by atoms with van der Waals surface area (Å²) in [6.45, 7) is 2.76. The van der Waals surface area contributed by atoms with Gasteiger partial charge in [-0.2, -0.15) is 0 Å². The average molecular weight is 515 g/mol. The van der Waals surface area contributed by atoms with Gasteiger partial charge < -0.3 is 10.2 Å². The zero-order valence-electron chi connectivity index (χ0n) is 19.6. The summed E-state index contributed by atoms with van der Waals surface area (Å²) in [6.07, 6.45) is 2.19. The van der Waals surface area contributed by atoms with Gasteiger partial charge in [-0.05, 0) is 47.4 Å². The van der Waals surface area contributed by atoms with Crippen LogP contribution in [0.2, 0.25) is 10.0 Å². The molecule has 0 fully saturated rings. The second-order valence-electron chi connectivity index (χ2n) is 8.42. The minimum Gasteiger partial charge on any atom is -0.354 e. The summed E-state index contributed by atoms with van der Waals surface area (Å²) < 4.78 is 13.4. The molecule has 3 rings (SSSR count). The molecule has 0 radical (unpaired) electrons. The maximum Gasteiger partial charge on any atom is 0.243 e. The molecule has 7 heteroatoms. The van der Waals surface area contributed by atoms with Gasteiger partial charge in [-0.3, -0.25) is 9.59 Å². The maximum absolute atomic E-state index is 13.6. The fourth-order valence-corrected chi connectivity index (χ4v) is 4.09. The van der Waals surface area contributed by atoms with E-state index in [1.807, 2.05) is 30.3 Å².